The second kappa shape index (κ2) is 4.67. The molecule has 2 rings (SSSR count). The van der Waals surface area contributed by atoms with E-state index in [2.05, 4.69) is 25.4 Å². The first kappa shape index (κ1) is 11.8. The van der Waals surface area contributed by atoms with Crippen LogP contribution in [0.15, 0.2) is 0 Å². The van der Waals surface area contributed by atoms with Crippen molar-refractivity contribution >= 4 is 11.8 Å². The summed E-state index contributed by atoms with van der Waals surface area (Å²) in [6.07, 6.45) is 8.10. The SMILES string of the molecule is CSCCNC1[C@@H]2CCCC[C@@H]2C1(C)C. The first-order valence-electron chi connectivity index (χ1n) is 6.40. The summed E-state index contributed by atoms with van der Waals surface area (Å²) in [5.41, 5.74) is 0.559. The Bertz CT molecular complexity index is 215. The minimum absolute atomic E-state index is 0.559. The molecule has 1 unspecified atom stereocenters. The van der Waals surface area contributed by atoms with Gasteiger partial charge in [0.15, 0.2) is 0 Å². The Morgan fingerprint density at radius 2 is 2.00 bits per heavy atom. The molecule has 0 aromatic carbocycles. The van der Waals surface area contributed by atoms with E-state index in [1.54, 1.807) is 0 Å². The Hall–Kier alpha value is 0.310. The highest BCUT2D eigenvalue weighted by Gasteiger charge is 2.55. The second-order valence-corrected chi connectivity index (χ2v) is 6.79. The first-order chi connectivity index (χ1) is 7.18. The summed E-state index contributed by atoms with van der Waals surface area (Å²) in [6.45, 7) is 6.13. The van der Waals surface area contributed by atoms with E-state index in [9.17, 15) is 0 Å². The summed E-state index contributed by atoms with van der Waals surface area (Å²) in [7, 11) is 0. The van der Waals surface area contributed by atoms with Crippen LogP contribution in [0.3, 0.4) is 0 Å². The second-order valence-electron chi connectivity index (χ2n) is 5.80. The van der Waals surface area contributed by atoms with Gasteiger partial charge in [0.1, 0.15) is 0 Å². The zero-order valence-corrected chi connectivity index (χ0v) is 11.2. The Balaban J connectivity index is 1.87. The highest BCUT2D eigenvalue weighted by Crippen LogP contribution is 2.56. The molecular weight excluding hydrogens is 202 g/mol. The predicted molar refractivity (Wildman–Crippen MR) is 69.4 cm³/mol. The number of nitrogens with one attached hydrogen (secondary N) is 1. The lowest BCUT2D eigenvalue weighted by atomic mass is 9.48. The van der Waals surface area contributed by atoms with Crippen molar-refractivity contribution in [2.75, 3.05) is 18.6 Å². The van der Waals surface area contributed by atoms with Crippen LogP contribution in [0.2, 0.25) is 0 Å². The van der Waals surface area contributed by atoms with Crippen LogP contribution in [0.1, 0.15) is 39.5 Å². The quantitative estimate of drug-likeness (QED) is 0.741. The lowest BCUT2D eigenvalue weighted by Gasteiger charge is -2.61. The van der Waals surface area contributed by atoms with Gasteiger partial charge in [-0.3, -0.25) is 0 Å². The fourth-order valence-corrected chi connectivity index (χ4v) is 4.20. The molecule has 2 aliphatic carbocycles. The zero-order chi connectivity index (χ0) is 10.9. The molecule has 15 heavy (non-hydrogen) atoms. The Kier molecular flexibility index (Phi) is 3.67. The van der Waals surface area contributed by atoms with Crippen LogP contribution in [-0.2, 0) is 0 Å². The molecule has 0 heterocycles. The maximum absolute atomic E-state index is 3.79. The molecule has 0 saturated heterocycles. The smallest absolute Gasteiger partial charge is 0.0152 e. The number of thioether (sulfide) groups is 1. The molecule has 0 aliphatic heterocycles. The number of hydrogen-bond donors (Lipinski definition) is 1. The van der Waals surface area contributed by atoms with Crippen molar-refractivity contribution in [3.8, 4) is 0 Å². The van der Waals surface area contributed by atoms with Crippen molar-refractivity contribution < 1.29 is 0 Å². The van der Waals surface area contributed by atoms with Gasteiger partial charge in [0.25, 0.3) is 0 Å². The van der Waals surface area contributed by atoms with Gasteiger partial charge in [-0.2, -0.15) is 11.8 Å². The minimum Gasteiger partial charge on any atom is -0.312 e. The van der Waals surface area contributed by atoms with Crippen LogP contribution in [0, 0.1) is 17.3 Å². The lowest BCUT2D eigenvalue weighted by molar-refractivity contribution is -0.0865. The Labute approximate surface area is 98.8 Å². The van der Waals surface area contributed by atoms with Gasteiger partial charge in [-0.05, 0) is 36.3 Å². The summed E-state index contributed by atoms with van der Waals surface area (Å²) in [5.74, 6) is 3.26. The monoisotopic (exact) mass is 227 g/mol. The molecule has 1 nitrogen and oxygen atoms in total. The van der Waals surface area contributed by atoms with Crippen molar-refractivity contribution in [1.29, 1.82) is 0 Å². The molecule has 2 heteroatoms. The van der Waals surface area contributed by atoms with Gasteiger partial charge in [0, 0.05) is 18.3 Å². The third-order valence-corrected chi connectivity index (χ3v) is 5.29. The van der Waals surface area contributed by atoms with Crippen LogP contribution in [-0.4, -0.2) is 24.6 Å². The van der Waals surface area contributed by atoms with Crippen molar-refractivity contribution in [2.45, 2.75) is 45.6 Å². The van der Waals surface area contributed by atoms with E-state index in [-0.39, 0.29) is 0 Å². The molecule has 2 saturated carbocycles. The molecule has 0 radical (unpaired) electrons. The third kappa shape index (κ3) is 2.08. The van der Waals surface area contributed by atoms with Crippen LogP contribution in [0.4, 0.5) is 0 Å². The summed E-state index contributed by atoms with van der Waals surface area (Å²) >= 11 is 1.95. The molecule has 2 fully saturated rings. The summed E-state index contributed by atoms with van der Waals surface area (Å²) in [6, 6.07) is 0.801. The predicted octanol–water partition coefficient (Wildman–Crippen LogP) is 3.15. The van der Waals surface area contributed by atoms with Crippen LogP contribution >= 0.6 is 11.8 Å². The summed E-state index contributed by atoms with van der Waals surface area (Å²) in [5, 5.41) is 3.79. The standard InChI is InChI=1S/C13H25NS/c1-13(2)11-7-5-4-6-10(11)12(13)14-8-9-15-3/h10-12,14H,4-9H2,1-3H3/t10-,11+,12?/m1/s1. The number of fused-ring (bicyclic) bond motifs is 1. The van der Waals surface area contributed by atoms with Crippen LogP contribution in [0.25, 0.3) is 0 Å². The average Bonchev–Trinajstić information content (AvgIpc) is 2.24. The largest absolute Gasteiger partial charge is 0.312 e. The molecule has 88 valence electrons. The van der Waals surface area contributed by atoms with Crippen LogP contribution < -0.4 is 5.32 Å². The lowest BCUT2D eigenvalue weighted by Crippen LogP contribution is -2.65. The first-order valence-corrected chi connectivity index (χ1v) is 7.79. The van der Waals surface area contributed by atoms with Crippen molar-refractivity contribution in [3.05, 3.63) is 0 Å². The van der Waals surface area contributed by atoms with E-state index in [0.717, 1.165) is 17.9 Å². The fourth-order valence-electron chi connectivity index (χ4n) is 3.88. The number of hydrogen-bond acceptors (Lipinski definition) is 2. The fraction of sp³-hybridized carbons (Fsp3) is 1.00. The van der Waals surface area contributed by atoms with Gasteiger partial charge in [-0.15, -0.1) is 0 Å². The maximum atomic E-state index is 3.79. The third-order valence-electron chi connectivity index (χ3n) is 4.68. The van der Waals surface area contributed by atoms with E-state index < -0.39 is 0 Å². The van der Waals surface area contributed by atoms with Crippen LogP contribution in [0.5, 0.6) is 0 Å². The molecule has 0 spiro atoms. The minimum atomic E-state index is 0.559. The molecule has 0 aromatic rings. The van der Waals surface area contributed by atoms with Gasteiger partial charge in [-0.1, -0.05) is 26.7 Å². The molecular formula is C13H25NS. The van der Waals surface area contributed by atoms with Crippen molar-refractivity contribution in [1.82, 2.24) is 5.32 Å². The Morgan fingerprint density at radius 1 is 1.27 bits per heavy atom. The molecule has 0 aromatic heterocycles. The maximum Gasteiger partial charge on any atom is 0.0152 e. The van der Waals surface area contributed by atoms with E-state index in [4.69, 9.17) is 0 Å². The van der Waals surface area contributed by atoms with Crippen molar-refractivity contribution in [3.63, 3.8) is 0 Å². The highest BCUT2D eigenvalue weighted by atomic mass is 32.2. The summed E-state index contributed by atoms with van der Waals surface area (Å²) < 4.78 is 0. The molecule has 1 N–H and O–H groups in total. The van der Waals surface area contributed by atoms with Gasteiger partial charge < -0.3 is 5.32 Å². The zero-order valence-electron chi connectivity index (χ0n) is 10.4. The highest BCUT2D eigenvalue weighted by molar-refractivity contribution is 7.98. The molecule has 3 atom stereocenters. The summed E-state index contributed by atoms with van der Waals surface area (Å²) in [4.78, 5) is 0. The van der Waals surface area contributed by atoms with Crippen molar-refractivity contribution in [2.24, 2.45) is 17.3 Å². The van der Waals surface area contributed by atoms with Gasteiger partial charge in [-0.25, -0.2) is 0 Å². The average molecular weight is 227 g/mol. The van der Waals surface area contributed by atoms with E-state index in [0.29, 0.717) is 5.41 Å². The molecule has 2 aliphatic rings. The van der Waals surface area contributed by atoms with Gasteiger partial charge in [0.2, 0.25) is 0 Å². The van der Waals surface area contributed by atoms with E-state index in [1.807, 2.05) is 11.8 Å². The normalized spacial score (nSPS) is 38.2. The Morgan fingerprint density at radius 3 is 2.73 bits per heavy atom. The van der Waals surface area contributed by atoms with Gasteiger partial charge in [0.05, 0.1) is 0 Å². The van der Waals surface area contributed by atoms with Gasteiger partial charge >= 0.3 is 0 Å². The molecule has 0 bridgehead atoms. The topological polar surface area (TPSA) is 12.0 Å². The number of rotatable bonds is 4. The van der Waals surface area contributed by atoms with E-state index in [1.165, 1.54) is 38.0 Å². The molecule has 0 amide bonds. The van der Waals surface area contributed by atoms with E-state index >= 15 is 0 Å².